The summed E-state index contributed by atoms with van der Waals surface area (Å²) in [7, 11) is 0. The monoisotopic (exact) mass is 398 g/mol. The van der Waals surface area contributed by atoms with Crippen LogP contribution in [-0.4, -0.2) is 48.9 Å². The molecule has 4 rings (SSSR count). The number of esters is 2. The van der Waals surface area contributed by atoms with Crippen molar-refractivity contribution in [3.05, 3.63) is 71.8 Å². The summed E-state index contributed by atoms with van der Waals surface area (Å²) in [5.41, 5.74) is 0.839. The lowest BCUT2D eigenvalue weighted by Gasteiger charge is -2.25. The van der Waals surface area contributed by atoms with Crippen LogP contribution in [-0.2, 0) is 23.7 Å². The molecule has 2 heterocycles. The standard InChI is InChI=1S/C22H22O7/c1-22(2)28-18-17(27-20(24)15-11-7-4-8-12-15)16(26-21(18)29-22)13-25-19(23)14-9-5-3-6-10-14/h3-12,16-18,21H,13H2,1-2H3/t16-,17+,18-,21-/m0/s1. The van der Waals surface area contributed by atoms with Crippen LogP contribution < -0.4 is 0 Å². The number of carbonyl (C=O) groups excluding carboxylic acids is 2. The van der Waals surface area contributed by atoms with Crippen molar-refractivity contribution in [2.45, 2.75) is 44.2 Å². The predicted octanol–water partition coefficient (Wildman–Crippen LogP) is 2.95. The van der Waals surface area contributed by atoms with Gasteiger partial charge in [0.25, 0.3) is 0 Å². The SMILES string of the molecule is CC1(C)O[C@@H]2O[C@@H](COC(=O)c3ccccc3)[C@@H](OC(=O)c3ccccc3)[C@@H]2O1. The Morgan fingerprint density at radius 3 is 2.10 bits per heavy atom. The van der Waals surface area contributed by atoms with E-state index in [4.69, 9.17) is 23.7 Å². The van der Waals surface area contributed by atoms with Gasteiger partial charge in [0.05, 0.1) is 11.1 Å². The van der Waals surface area contributed by atoms with Gasteiger partial charge in [-0.25, -0.2) is 9.59 Å². The number of ether oxygens (including phenoxy) is 5. The first-order chi connectivity index (χ1) is 13.9. The van der Waals surface area contributed by atoms with Crippen molar-refractivity contribution >= 4 is 11.9 Å². The molecule has 4 atom stereocenters. The van der Waals surface area contributed by atoms with Gasteiger partial charge in [-0.1, -0.05) is 36.4 Å². The molecule has 0 spiro atoms. The van der Waals surface area contributed by atoms with Crippen molar-refractivity contribution in [3.63, 3.8) is 0 Å². The van der Waals surface area contributed by atoms with Crippen molar-refractivity contribution in [1.29, 1.82) is 0 Å². The molecule has 2 fully saturated rings. The van der Waals surface area contributed by atoms with Gasteiger partial charge in [-0.3, -0.25) is 0 Å². The number of rotatable bonds is 5. The zero-order valence-electron chi connectivity index (χ0n) is 16.1. The summed E-state index contributed by atoms with van der Waals surface area (Å²) in [5, 5.41) is 0. The number of hydrogen-bond donors (Lipinski definition) is 0. The molecule has 29 heavy (non-hydrogen) atoms. The van der Waals surface area contributed by atoms with E-state index in [1.165, 1.54) is 0 Å². The Bertz CT molecular complexity index is 865. The van der Waals surface area contributed by atoms with Gasteiger partial charge in [0.15, 0.2) is 24.3 Å². The smallest absolute Gasteiger partial charge is 0.338 e. The molecular formula is C22H22O7. The van der Waals surface area contributed by atoms with E-state index in [1.807, 2.05) is 12.1 Å². The highest BCUT2D eigenvalue weighted by Crippen LogP contribution is 2.39. The Morgan fingerprint density at radius 1 is 0.897 bits per heavy atom. The zero-order chi connectivity index (χ0) is 20.4. The van der Waals surface area contributed by atoms with E-state index in [9.17, 15) is 9.59 Å². The third-order valence-corrected chi connectivity index (χ3v) is 4.73. The molecule has 0 aromatic heterocycles. The van der Waals surface area contributed by atoms with Crippen LogP contribution >= 0.6 is 0 Å². The van der Waals surface area contributed by atoms with Gasteiger partial charge >= 0.3 is 11.9 Å². The van der Waals surface area contributed by atoms with Gasteiger partial charge in [-0.05, 0) is 38.1 Å². The van der Waals surface area contributed by atoms with Gasteiger partial charge < -0.3 is 23.7 Å². The Hall–Kier alpha value is -2.74. The van der Waals surface area contributed by atoms with Crippen molar-refractivity contribution in [2.24, 2.45) is 0 Å². The Balaban J connectivity index is 1.46. The van der Waals surface area contributed by atoms with Crippen molar-refractivity contribution in [3.8, 4) is 0 Å². The molecule has 0 unspecified atom stereocenters. The minimum atomic E-state index is -0.863. The maximum atomic E-state index is 12.6. The fourth-order valence-corrected chi connectivity index (χ4v) is 3.40. The summed E-state index contributed by atoms with van der Waals surface area (Å²) >= 11 is 0. The molecule has 152 valence electrons. The van der Waals surface area contributed by atoms with E-state index in [-0.39, 0.29) is 6.61 Å². The molecule has 7 nitrogen and oxygen atoms in total. The molecule has 2 saturated heterocycles. The molecule has 7 heteroatoms. The Labute approximate surface area is 168 Å². The fourth-order valence-electron chi connectivity index (χ4n) is 3.40. The van der Waals surface area contributed by atoms with Crippen LogP contribution in [0.5, 0.6) is 0 Å². The fraction of sp³-hybridized carbons (Fsp3) is 0.364. The molecule has 0 bridgehead atoms. The van der Waals surface area contributed by atoms with E-state index in [0.717, 1.165) is 0 Å². The highest BCUT2D eigenvalue weighted by atomic mass is 16.8. The van der Waals surface area contributed by atoms with Gasteiger partial charge in [-0.2, -0.15) is 0 Å². The average molecular weight is 398 g/mol. The maximum Gasteiger partial charge on any atom is 0.338 e. The van der Waals surface area contributed by atoms with E-state index in [1.54, 1.807) is 62.4 Å². The van der Waals surface area contributed by atoms with Crippen LogP contribution in [0.1, 0.15) is 34.6 Å². The summed E-state index contributed by atoms with van der Waals surface area (Å²) < 4.78 is 28.5. The third-order valence-electron chi connectivity index (χ3n) is 4.73. The molecular weight excluding hydrogens is 376 g/mol. The van der Waals surface area contributed by atoms with E-state index in [0.29, 0.717) is 11.1 Å². The highest BCUT2D eigenvalue weighted by Gasteiger charge is 2.56. The lowest BCUT2D eigenvalue weighted by molar-refractivity contribution is -0.218. The largest absolute Gasteiger partial charge is 0.459 e. The van der Waals surface area contributed by atoms with Crippen LogP contribution in [0.4, 0.5) is 0 Å². The van der Waals surface area contributed by atoms with Gasteiger partial charge in [0, 0.05) is 0 Å². The normalized spacial score (nSPS) is 27.2. The van der Waals surface area contributed by atoms with Crippen LogP contribution in [0.15, 0.2) is 60.7 Å². The first-order valence-electron chi connectivity index (χ1n) is 9.42. The molecule has 2 aliphatic heterocycles. The Kier molecular flexibility index (Phi) is 5.36. The lowest BCUT2D eigenvalue weighted by atomic mass is 10.1. The van der Waals surface area contributed by atoms with Crippen LogP contribution in [0.3, 0.4) is 0 Å². The van der Waals surface area contributed by atoms with Gasteiger partial charge in [0.2, 0.25) is 0 Å². The van der Waals surface area contributed by atoms with E-state index < -0.39 is 42.3 Å². The molecule has 2 aromatic carbocycles. The summed E-state index contributed by atoms with van der Waals surface area (Å²) in [4.78, 5) is 24.8. The highest BCUT2D eigenvalue weighted by molar-refractivity contribution is 5.90. The van der Waals surface area contributed by atoms with Gasteiger partial charge in [0.1, 0.15) is 12.7 Å². The molecule has 0 radical (unpaired) electrons. The Morgan fingerprint density at radius 2 is 1.48 bits per heavy atom. The van der Waals surface area contributed by atoms with E-state index in [2.05, 4.69) is 0 Å². The zero-order valence-corrected chi connectivity index (χ0v) is 16.1. The summed E-state index contributed by atoms with van der Waals surface area (Å²) in [6, 6.07) is 17.3. The van der Waals surface area contributed by atoms with Crippen LogP contribution in [0.25, 0.3) is 0 Å². The second-order valence-corrected chi connectivity index (χ2v) is 7.34. The number of fused-ring (bicyclic) bond motifs is 1. The van der Waals surface area contributed by atoms with Gasteiger partial charge in [-0.15, -0.1) is 0 Å². The topological polar surface area (TPSA) is 80.3 Å². The number of benzene rings is 2. The van der Waals surface area contributed by atoms with Crippen molar-refractivity contribution < 1.29 is 33.3 Å². The summed E-state index contributed by atoms with van der Waals surface area (Å²) in [6.45, 7) is 3.42. The molecule has 0 aliphatic carbocycles. The van der Waals surface area contributed by atoms with Crippen LogP contribution in [0.2, 0.25) is 0 Å². The van der Waals surface area contributed by atoms with Crippen LogP contribution in [0, 0.1) is 0 Å². The first-order valence-corrected chi connectivity index (χ1v) is 9.42. The first kappa shape index (κ1) is 19.6. The number of hydrogen-bond acceptors (Lipinski definition) is 7. The minimum absolute atomic E-state index is 0.0966. The summed E-state index contributed by atoms with van der Waals surface area (Å²) in [6.07, 6.45) is -2.81. The molecule has 2 aromatic rings. The van der Waals surface area contributed by atoms with E-state index >= 15 is 0 Å². The quantitative estimate of drug-likeness (QED) is 0.717. The second kappa shape index (κ2) is 7.94. The molecule has 0 saturated carbocycles. The average Bonchev–Trinajstić information content (AvgIpc) is 3.19. The second-order valence-electron chi connectivity index (χ2n) is 7.34. The minimum Gasteiger partial charge on any atom is -0.459 e. The number of carbonyl (C=O) groups is 2. The lowest BCUT2D eigenvalue weighted by Crippen LogP contribution is -2.40. The van der Waals surface area contributed by atoms with Crippen molar-refractivity contribution in [2.75, 3.05) is 6.61 Å². The summed E-state index contributed by atoms with van der Waals surface area (Å²) in [5.74, 6) is -1.85. The third kappa shape index (κ3) is 4.32. The maximum absolute atomic E-state index is 12.6. The molecule has 2 aliphatic rings. The molecule has 0 N–H and O–H groups in total. The van der Waals surface area contributed by atoms with Crippen molar-refractivity contribution in [1.82, 2.24) is 0 Å². The predicted molar refractivity (Wildman–Crippen MR) is 101 cm³/mol. The molecule has 0 amide bonds.